The van der Waals surface area contributed by atoms with Crippen LogP contribution in [0.4, 0.5) is 17.1 Å². The smallest absolute Gasteiger partial charge is 0.340 e. The second-order valence-corrected chi connectivity index (χ2v) is 11.6. The van der Waals surface area contributed by atoms with E-state index >= 15 is 0 Å². The highest BCUT2D eigenvalue weighted by atomic mass is 16.6. The van der Waals surface area contributed by atoms with Gasteiger partial charge in [0, 0.05) is 53.6 Å². The summed E-state index contributed by atoms with van der Waals surface area (Å²) in [6, 6.07) is 27.5. The third-order valence-electron chi connectivity index (χ3n) is 8.75. The van der Waals surface area contributed by atoms with E-state index in [4.69, 9.17) is 9.47 Å². The maximum atomic E-state index is 13.5. The highest BCUT2D eigenvalue weighted by Gasteiger charge is 2.54. The molecule has 0 radical (unpaired) electrons. The van der Waals surface area contributed by atoms with E-state index in [0.717, 1.165) is 72.5 Å². The first-order valence-corrected chi connectivity index (χ1v) is 15.9. The number of aryl methyl sites for hydroxylation is 1. The number of anilines is 3. The third-order valence-corrected chi connectivity index (χ3v) is 8.75. The van der Waals surface area contributed by atoms with E-state index in [0.29, 0.717) is 29.0 Å². The zero-order valence-corrected chi connectivity index (χ0v) is 26.1. The zero-order valence-electron chi connectivity index (χ0n) is 26.1. The summed E-state index contributed by atoms with van der Waals surface area (Å²) in [5.41, 5.74) is 5.07. The van der Waals surface area contributed by atoms with Gasteiger partial charge in [-0.3, -0.25) is 9.69 Å². The van der Waals surface area contributed by atoms with E-state index in [2.05, 4.69) is 36.9 Å². The van der Waals surface area contributed by atoms with E-state index in [1.807, 2.05) is 80.6 Å². The van der Waals surface area contributed by atoms with Crippen molar-refractivity contribution in [2.45, 2.75) is 65.4 Å². The van der Waals surface area contributed by atoms with Crippen LogP contribution >= 0.6 is 0 Å². The van der Waals surface area contributed by atoms with E-state index in [1.165, 1.54) is 0 Å². The number of carbonyl (C=O) groups excluding carboxylic acids is 2. The van der Waals surface area contributed by atoms with Crippen LogP contribution in [0.1, 0.15) is 85.5 Å². The number of carbonyl (C=O) groups is 2. The van der Waals surface area contributed by atoms with E-state index in [-0.39, 0.29) is 11.9 Å². The number of rotatable bonds is 10. The lowest BCUT2D eigenvalue weighted by molar-refractivity contribution is -0.117. The lowest BCUT2D eigenvalue weighted by atomic mass is 9.77. The Hall–Kier alpha value is -4.58. The average molecular weight is 589 g/mol. The average Bonchev–Trinajstić information content (AvgIpc) is 3.34. The molecule has 6 heteroatoms. The van der Waals surface area contributed by atoms with Crippen LogP contribution in [-0.4, -0.2) is 25.0 Å². The van der Waals surface area contributed by atoms with Crippen LogP contribution in [0.2, 0.25) is 0 Å². The molecule has 0 N–H and O–H groups in total. The third kappa shape index (κ3) is 4.92. The fourth-order valence-electron chi connectivity index (χ4n) is 6.45. The highest BCUT2D eigenvalue weighted by molar-refractivity contribution is 6.02. The van der Waals surface area contributed by atoms with Gasteiger partial charge in [-0.2, -0.15) is 0 Å². The van der Waals surface area contributed by atoms with Crippen molar-refractivity contribution in [2.24, 2.45) is 0 Å². The van der Waals surface area contributed by atoms with E-state index in [9.17, 15) is 9.59 Å². The second kappa shape index (κ2) is 12.2. The topological polar surface area (TPSA) is 59.1 Å². The fourth-order valence-corrected chi connectivity index (χ4v) is 6.45. The summed E-state index contributed by atoms with van der Waals surface area (Å²) >= 11 is 0. The predicted octanol–water partition coefficient (Wildman–Crippen LogP) is 9.04. The lowest BCUT2D eigenvalue weighted by Crippen LogP contribution is -2.34. The monoisotopic (exact) mass is 588 g/mol. The summed E-state index contributed by atoms with van der Waals surface area (Å²) in [5.74, 6) is 0.890. The van der Waals surface area contributed by atoms with Gasteiger partial charge in [-0.05, 0) is 67.8 Å². The lowest BCUT2D eigenvalue weighted by Gasteiger charge is -2.38. The molecule has 2 aliphatic heterocycles. The second-order valence-electron chi connectivity index (χ2n) is 11.6. The molecule has 0 saturated heterocycles. The largest absolute Gasteiger partial charge is 0.456 e. The SMILES string of the molecule is CCCCN(CCCC)c1ccc2c(c1)Oc1cc(C)c(N(C(=O)CC)c3ccccc3)cc1C21OC(=O)c2ccccc21. The summed E-state index contributed by atoms with van der Waals surface area (Å²) in [4.78, 5) is 31.1. The summed E-state index contributed by atoms with van der Waals surface area (Å²) < 4.78 is 13.2. The Morgan fingerprint density at radius 3 is 2.14 bits per heavy atom. The molecule has 0 fully saturated rings. The molecule has 2 aliphatic rings. The first-order chi connectivity index (χ1) is 21.4. The van der Waals surface area contributed by atoms with E-state index < -0.39 is 5.60 Å². The molecule has 1 unspecified atom stereocenters. The highest BCUT2D eigenvalue weighted by Crippen LogP contribution is 2.57. The molecule has 44 heavy (non-hydrogen) atoms. The fraction of sp³-hybridized carbons (Fsp3) is 0.316. The maximum Gasteiger partial charge on any atom is 0.340 e. The number of fused-ring (bicyclic) bond motifs is 6. The number of hydrogen-bond donors (Lipinski definition) is 0. The van der Waals surface area contributed by atoms with Crippen molar-refractivity contribution in [3.63, 3.8) is 0 Å². The predicted molar refractivity (Wildman–Crippen MR) is 175 cm³/mol. The Bertz CT molecular complexity index is 1690. The summed E-state index contributed by atoms with van der Waals surface area (Å²) in [5, 5.41) is 0. The number of para-hydroxylation sites is 1. The summed E-state index contributed by atoms with van der Waals surface area (Å²) in [6.07, 6.45) is 4.79. The van der Waals surface area contributed by atoms with Crippen molar-refractivity contribution >= 4 is 28.9 Å². The van der Waals surface area contributed by atoms with Crippen LogP contribution in [-0.2, 0) is 15.1 Å². The van der Waals surface area contributed by atoms with Crippen molar-refractivity contribution in [3.05, 3.63) is 113 Å². The first-order valence-electron chi connectivity index (χ1n) is 15.9. The Morgan fingerprint density at radius 1 is 0.750 bits per heavy atom. The Morgan fingerprint density at radius 2 is 1.43 bits per heavy atom. The number of unbranched alkanes of at least 4 members (excludes halogenated alkanes) is 2. The number of nitrogens with zero attached hydrogens (tertiary/aromatic N) is 2. The summed E-state index contributed by atoms with van der Waals surface area (Å²) in [6.45, 7) is 10.2. The van der Waals surface area contributed by atoms with Gasteiger partial charge in [0.25, 0.3) is 0 Å². The normalized spacial score (nSPS) is 16.0. The zero-order chi connectivity index (χ0) is 30.8. The molecule has 4 aromatic rings. The quantitative estimate of drug-likeness (QED) is 0.173. The molecule has 226 valence electrons. The molecule has 1 atom stereocenters. The van der Waals surface area contributed by atoms with Crippen LogP contribution in [0.15, 0.2) is 84.9 Å². The van der Waals surface area contributed by atoms with Gasteiger partial charge in [-0.25, -0.2) is 4.79 Å². The van der Waals surface area contributed by atoms with Gasteiger partial charge in [0.1, 0.15) is 11.5 Å². The Balaban J connectivity index is 1.56. The maximum absolute atomic E-state index is 13.5. The standard InChI is InChI=1S/C38H40N2O4/c1-5-8-21-39(22-9-6-2)28-19-20-31-35(24-28)43-34-23-26(4)33(40(36(41)7-3)27-15-11-10-12-16-27)25-32(34)38(31)30-18-14-13-17-29(30)37(42)44-38/h10-20,23-25H,5-9,21-22H2,1-4H3. The molecule has 6 rings (SSSR count). The molecule has 2 heterocycles. The number of ether oxygens (including phenoxy) is 2. The molecule has 4 aromatic carbocycles. The molecule has 1 amide bonds. The number of esters is 1. The van der Waals surface area contributed by atoms with E-state index in [1.54, 1.807) is 4.90 Å². The van der Waals surface area contributed by atoms with Crippen LogP contribution in [0.5, 0.6) is 11.5 Å². The Kier molecular flexibility index (Phi) is 8.17. The van der Waals surface area contributed by atoms with Gasteiger partial charge in [0.15, 0.2) is 5.60 Å². The van der Waals surface area contributed by atoms with Gasteiger partial charge in [-0.15, -0.1) is 0 Å². The van der Waals surface area contributed by atoms with Crippen molar-refractivity contribution in [2.75, 3.05) is 22.9 Å². The van der Waals surface area contributed by atoms with Crippen LogP contribution in [0, 0.1) is 6.92 Å². The minimum atomic E-state index is -1.22. The van der Waals surface area contributed by atoms with Crippen molar-refractivity contribution in [1.29, 1.82) is 0 Å². The molecule has 0 aliphatic carbocycles. The van der Waals surface area contributed by atoms with Crippen molar-refractivity contribution in [3.8, 4) is 11.5 Å². The minimum absolute atomic E-state index is 0.0295. The first kappa shape index (κ1) is 29.5. The molecule has 0 saturated carbocycles. The molecular formula is C38H40N2O4. The van der Waals surface area contributed by atoms with Crippen molar-refractivity contribution in [1.82, 2.24) is 0 Å². The van der Waals surface area contributed by atoms with Crippen LogP contribution in [0.3, 0.4) is 0 Å². The molecule has 1 spiro atoms. The summed E-state index contributed by atoms with van der Waals surface area (Å²) in [7, 11) is 0. The molecular weight excluding hydrogens is 548 g/mol. The van der Waals surface area contributed by atoms with Gasteiger partial charge >= 0.3 is 5.97 Å². The van der Waals surface area contributed by atoms with Crippen LogP contribution in [0.25, 0.3) is 0 Å². The Labute approximate surface area is 260 Å². The minimum Gasteiger partial charge on any atom is -0.456 e. The van der Waals surface area contributed by atoms with Crippen molar-refractivity contribution < 1.29 is 19.1 Å². The number of amides is 1. The molecule has 6 nitrogen and oxygen atoms in total. The van der Waals surface area contributed by atoms with Gasteiger partial charge in [0.2, 0.25) is 5.91 Å². The molecule has 0 bridgehead atoms. The molecule has 0 aromatic heterocycles. The van der Waals surface area contributed by atoms with Crippen LogP contribution < -0.4 is 14.5 Å². The number of benzene rings is 4. The number of hydrogen-bond acceptors (Lipinski definition) is 5. The van der Waals surface area contributed by atoms with Gasteiger partial charge < -0.3 is 14.4 Å². The van der Waals surface area contributed by atoms with Gasteiger partial charge in [0.05, 0.1) is 11.3 Å². The van der Waals surface area contributed by atoms with Gasteiger partial charge in [-0.1, -0.05) is 70.0 Å².